The smallest absolute Gasteiger partial charge is 0.0594 e. The highest BCUT2D eigenvalue weighted by molar-refractivity contribution is 7.17. The number of hydrogen-bond donors (Lipinski definition) is 0. The number of rotatable bonds is 4. The normalized spacial score (nSPS) is 17.1. The lowest BCUT2D eigenvalue weighted by Crippen LogP contribution is -2.36. The molecule has 2 nitrogen and oxygen atoms in total. The number of benzene rings is 1. The van der Waals surface area contributed by atoms with Crippen molar-refractivity contribution in [2.45, 2.75) is 12.8 Å². The van der Waals surface area contributed by atoms with Crippen LogP contribution >= 0.6 is 22.9 Å². The van der Waals surface area contributed by atoms with Crippen LogP contribution in [0.5, 0.6) is 0 Å². The van der Waals surface area contributed by atoms with Crippen molar-refractivity contribution in [2.75, 3.05) is 32.8 Å². The highest BCUT2D eigenvalue weighted by Gasteiger charge is 2.10. The van der Waals surface area contributed by atoms with Gasteiger partial charge in [0.05, 0.1) is 13.2 Å². The van der Waals surface area contributed by atoms with Crippen LogP contribution in [0.25, 0.3) is 10.1 Å². The highest BCUT2D eigenvalue weighted by atomic mass is 35.5. The quantitative estimate of drug-likeness (QED) is 0.850. The third-order valence-corrected chi connectivity index (χ3v) is 4.89. The van der Waals surface area contributed by atoms with Crippen LogP contribution in [-0.2, 0) is 11.2 Å². The van der Waals surface area contributed by atoms with Gasteiger partial charge in [-0.1, -0.05) is 11.6 Å². The summed E-state index contributed by atoms with van der Waals surface area (Å²) in [6.07, 6.45) is 2.34. The summed E-state index contributed by atoms with van der Waals surface area (Å²) >= 11 is 7.90. The Hall–Kier alpha value is -0.610. The fraction of sp³-hybridized carbons (Fsp3) is 0.467. The number of morpholine rings is 1. The standard InChI is InChI=1S/C15H18ClNOS/c16-13-3-4-15-14(10-13)12(11-19-15)2-1-5-17-6-8-18-9-7-17/h3-4,10-11H,1-2,5-9H2. The van der Waals surface area contributed by atoms with Crippen LogP contribution in [0, 0.1) is 0 Å². The van der Waals surface area contributed by atoms with Gasteiger partial charge >= 0.3 is 0 Å². The molecule has 0 bridgehead atoms. The van der Waals surface area contributed by atoms with Crippen LogP contribution < -0.4 is 0 Å². The summed E-state index contributed by atoms with van der Waals surface area (Å²) in [4.78, 5) is 2.49. The van der Waals surface area contributed by atoms with Gasteiger partial charge in [0.1, 0.15) is 0 Å². The predicted octanol–water partition coefficient (Wildman–Crippen LogP) is 3.82. The number of fused-ring (bicyclic) bond motifs is 1. The number of hydrogen-bond acceptors (Lipinski definition) is 3. The van der Waals surface area contributed by atoms with Gasteiger partial charge in [-0.05, 0) is 53.9 Å². The molecular formula is C15H18ClNOS. The summed E-state index contributed by atoms with van der Waals surface area (Å²) in [7, 11) is 0. The molecule has 0 spiro atoms. The van der Waals surface area contributed by atoms with Crippen molar-refractivity contribution in [2.24, 2.45) is 0 Å². The average Bonchev–Trinajstić information content (AvgIpc) is 2.83. The number of thiophene rings is 1. The zero-order valence-corrected chi connectivity index (χ0v) is 12.5. The van der Waals surface area contributed by atoms with Crippen LogP contribution in [0.3, 0.4) is 0 Å². The van der Waals surface area contributed by atoms with E-state index in [1.165, 1.54) is 28.6 Å². The van der Waals surface area contributed by atoms with E-state index in [4.69, 9.17) is 16.3 Å². The van der Waals surface area contributed by atoms with Crippen LogP contribution in [0.2, 0.25) is 5.02 Å². The molecule has 0 unspecified atom stereocenters. The highest BCUT2D eigenvalue weighted by Crippen LogP contribution is 2.29. The Morgan fingerprint density at radius 2 is 2.11 bits per heavy atom. The molecule has 1 aliphatic rings. The second-order valence-corrected chi connectivity index (χ2v) is 6.31. The minimum atomic E-state index is 0.834. The Labute approximate surface area is 122 Å². The number of aryl methyl sites for hydroxylation is 1. The lowest BCUT2D eigenvalue weighted by atomic mass is 10.1. The number of ether oxygens (including phenoxy) is 1. The molecule has 0 saturated carbocycles. The molecule has 0 aliphatic carbocycles. The van der Waals surface area contributed by atoms with Crippen LogP contribution in [-0.4, -0.2) is 37.7 Å². The monoisotopic (exact) mass is 295 g/mol. The summed E-state index contributed by atoms with van der Waals surface area (Å²) in [6, 6.07) is 6.18. The molecule has 1 aromatic carbocycles. The molecule has 1 fully saturated rings. The Bertz CT molecular complexity index is 548. The van der Waals surface area contributed by atoms with Gasteiger partial charge in [0.15, 0.2) is 0 Å². The van der Waals surface area contributed by atoms with Crippen LogP contribution in [0.15, 0.2) is 23.6 Å². The molecule has 0 N–H and O–H groups in total. The van der Waals surface area contributed by atoms with Crippen molar-refractivity contribution >= 4 is 33.0 Å². The van der Waals surface area contributed by atoms with Gasteiger partial charge in [-0.25, -0.2) is 0 Å². The van der Waals surface area contributed by atoms with E-state index in [1.54, 1.807) is 0 Å². The Balaban J connectivity index is 1.60. The number of halogens is 1. The SMILES string of the molecule is Clc1ccc2scc(CCCN3CCOCC3)c2c1. The van der Waals surface area contributed by atoms with Crippen molar-refractivity contribution in [3.05, 3.63) is 34.2 Å². The van der Waals surface area contributed by atoms with Gasteiger partial charge < -0.3 is 4.74 Å². The molecule has 102 valence electrons. The van der Waals surface area contributed by atoms with Crippen molar-refractivity contribution < 1.29 is 4.74 Å². The maximum Gasteiger partial charge on any atom is 0.0594 e. The minimum Gasteiger partial charge on any atom is -0.379 e. The molecule has 3 rings (SSSR count). The van der Waals surface area contributed by atoms with E-state index in [2.05, 4.69) is 22.4 Å². The van der Waals surface area contributed by atoms with E-state index in [0.717, 1.165) is 37.7 Å². The maximum atomic E-state index is 6.09. The molecule has 0 amide bonds. The van der Waals surface area contributed by atoms with Crippen LogP contribution in [0.1, 0.15) is 12.0 Å². The third-order valence-electron chi connectivity index (χ3n) is 3.64. The van der Waals surface area contributed by atoms with Gasteiger partial charge in [-0.15, -0.1) is 11.3 Å². The van der Waals surface area contributed by atoms with Gasteiger partial charge in [0.2, 0.25) is 0 Å². The molecule has 1 aromatic heterocycles. The molecule has 2 aromatic rings. The molecule has 0 radical (unpaired) electrons. The summed E-state index contributed by atoms with van der Waals surface area (Å²) in [5, 5.41) is 4.44. The second kappa shape index (κ2) is 6.23. The predicted molar refractivity (Wildman–Crippen MR) is 82.4 cm³/mol. The van der Waals surface area contributed by atoms with Crippen molar-refractivity contribution in [3.63, 3.8) is 0 Å². The summed E-state index contributed by atoms with van der Waals surface area (Å²) < 4.78 is 6.71. The van der Waals surface area contributed by atoms with E-state index in [-0.39, 0.29) is 0 Å². The summed E-state index contributed by atoms with van der Waals surface area (Å²) in [5.74, 6) is 0. The van der Waals surface area contributed by atoms with Gasteiger partial charge in [-0.2, -0.15) is 0 Å². The first-order chi connectivity index (χ1) is 9.33. The zero-order valence-electron chi connectivity index (χ0n) is 10.9. The Morgan fingerprint density at radius 1 is 1.26 bits per heavy atom. The first kappa shape index (κ1) is 13.4. The van der Waals surface area contributed by atoms with Crippen LogP contribution in [0.4, 0.5) is 0 Å². The Morgan fingerprint density at radius 3 is 2.95 bits per heavy atom. The van der Waals surface area contributed by atoms with Gasteiger partial charge in [0, 0.05) is 22.8 Å². The topological polar surface area (TPSA) is 12.5 Å². The third kappa shape index (κ3) is 3.29. The van der Waals surface area contributed by atoms with E-state index < -0.39 is 0 Å². The molecule has 1 saturated heterocycles. The van der Waals surface area contributed by atoms with E-state index in [1.807, 2.05) is 17.4 Å². The van der Waals surface area contributed by atoms with Gasteiger partial charge in [-0.3, -0.25) is 4.90 Å². The summed E-state index contributed by atoms with van der Waals surface area (Å²) in [5.41, 5.74) is 1.44. The molecule has 1 aliphatic heterocycles. The molecular weight excluding hydrogens is 278 g/mol. The van der Waals surface area contributed by atoms with Crippen molar-refractivity contribution in [3.8, 4) is 0 Å². The summed E-state index contributed by atoms with van der Waals surface area (Å²) in [6.45, 7) is 5.10. The molecule has 0 atom stereocenters. The lowest BCUT2D eigenvalue weighted by Gasteiger charge is -2.26. The first-order valence-electron chi connectivity index (χ1n) is 6.79. The minimum absolute atomic E-state index is 0.834. The fourth-order valence-electron chi connectivity index (χ4n) is 2.57. The number of nitrogens with zero attached hydrogens (tertiary/aromatic N) is 1. The average molecular weight is 296 g/mol. The Kier molecular flexibility index (Phi) is 4.38. The van der Waals surface area contributed by atoms with E-state index in [0.29, 0.717) is 0 Å². The molecule has 2 heterocycles. The molecule has 19 heavy (non-hydrogen) atoms. The van der Waals surface area contributed by atoms with Gasteiger partial charge in [0.25, 0.3) is 0 Å². The van der Waals surface area contributed by atoms with E-state index >= 15 is 0 Å². The largest absolute Gasteiger partial charge is 0.379 e. The fourth-order valence-corrected chi connectivity index (χ4v) is 3.72. The van der Waals surface area contributed by atoms with Crippen molar-refractivity contribution in [1.82, 2.24) is 4.90 Å². The van der Waals surface area contributed by atoms with E-state index in [9.17, 15) is 0 Å². The second-order valence-electron chi connectivity index (χ2n) is 4.96. The lowest BCUT2D eigenvalue weighted by molar-refractivity contribution is 0.0375. The van der Waals surface area contributed by atoms with Crippen molar-refractivity contribution in [1.29, 1.82) is 0 Å². The maximum absolute atomic E-state index is 6.09. The zero-order chi connectivity index (χ0) is 13.1. The first-order valence-corrected chi connectivity index (χ1v) is 8.04. The molecule has 4 heteroatoms.